The normalized spacial score (nSPS) is 16.6. The Kier molecular flexibility index (Phi) is 5.08. The highest BCUT2D eigenvalue weighted by Crippen LogP contribution is 2.15. The van der Waals surface area contributed by atoms with Crippen molar-refractivity contribution in [2.75, 3.05) is 20.3 Å². The van der Waals surface area contributed by atoms with Crippen molar-refractivity contribution in [3.8, 4) is 11.4 Å². The highest BCUT2D eigenvalue weighted by Gasteiger charge is 2.21. The molecule has 2 heterocycles. The molecule has 132 valence electrons. The molecule has 1 aliphatic rings. The molecule has 3 rings (SSSR count). The van der Waals surface area contributed by atoms with Crippen LogP contribution >= 0.6 is 0 Å². The SMILES string of the molecule is COc1cc(=O)n(-c2ccc(F)cc2)nc1C(=O)NC[C@@H]1CCCO1. The van der Waals surface area contributed by atoms with Gasteiger partial charge in [-0.1, -0.05) is 0 Å². The number of amides is 1. The Morgan fingerprint density at radius 1 is 1.44 bits per heavy atom. The van der Waals surface area contributed by atoms with Crippen LogP contribution in [0.1, 0.15) is 23.3 Å². The smallest absolute Gasteiger partial charge is 0.275 e. The van der Waals surface area contributed by atoms with E-state index in [2.05, 4.69) is 10.4 Å². The molecular formula is C17H18FN3O4. The number of aromatic nitrogens is 2. The number of benzene rings is 1. The first-order chi connectivity index (χ1) is 12.1. The van der Waals surface area contributed by atoms with Gasteiger partial charge in [0.15, 0.2) is 11.4 Å². The van der Waals surface area contributed by atoms with Crippen LogP contribution in [0.25, 0.3) is 5.69 Å². The minimum Gasteiger partial charge on any atom is -0.494 e. The second-order valence-electron chi connectivity index (χ2n) is 5.63. The summed E-state index contributed by atoms with van der Waals surface area (Å²) in [6.45, 7) is 1.05. The molecule has 1 atom stereocenters. The van der Waals surface area contributed by atoms with Crippen LogP contribution in [-0.4, -0.2) is 42.1 Å². The number of methoxy groups -OCH3 is 1. The number of carbonyl (C=O) groups is 1. The summed E-state index contributed by atoms with van der Waals surface area (Å²) < 4.78 is 24.7. The van der Waals surface area contributed by atoms with E-state index in [1.807, 2.05) is 0 Å². The Hall–Kier alpha value is -2.74. The minimum atomic E-state index is -0.487. The zero-order valence-electron chi connectivity index (χ0n) is 13.7. The molecule has 1 fully saturated rings. The number of nitrogens with one attached hydrogen (secondary N) is 1. The van der Waals surface area contributed by atoms with Gasteiger partial charge in [0, 0.05) is 13.2 Å². The van der Waals surface area contributed by atoms with Crippen LogP contribution in [0.2, 0.25) is 0 Å². The Labute approximate surface area is 143 Å². The lowest BCUT2D eigenvalue weighted by atomic mass is 10.2. The van der Waals surface area contributed by atoms with E-state index in [0.717, 1.165) is 17.5 Å². The van der Waals surface area contributed by atoms with Crippen molar-refractivity contribution in [3.05, 3.63) is 52.2 Å². The molecule has 1 aromatic heterocycles. The maximum atomic E-state index is 13.1. The van der Waals surface area contributed by atoms with Gasteiger partial charge in [-0.05, 0) is 37.1 Å². The van der Waals surface area contributed by atoms with E-state index in [0.29, 0.717) is 18.8 Å². The van der Waals surface area contributed by atoms with Gasteiger partial charge in [0.25, 0.3) is 11.5 Å². The summed E-state index contributed by atoms with van der Waals surface area (Å²) in [5.74, 6) is -0.823. The van der Waals surface area contributed by atoms with E-state index in [9.17, 15) is 14.0 Å². The fraction of sp³-hybridized carbons (Fsp3) is 0.353. The van der Waals surface area contributed by atoms with E-state index in [1.54, 1.807) is 0 Å². The lowest BCUT2D eigenvalue weighted by Gasteiger charge is -2.13. The first-order valence-corrected chi connectivity index (χ1v) is 7.92. The van der Waals surface area contributed by atoms with Gasteiger partial charge in [-0.2, -0.15) is 9.78 Å². The number of rotatable bonds is 5. The third-order valence-corrected chi connectivity index (χ3v) is 3.92. The van der Waals surface area contributed by atoms with Crippen molar-refractivity contribution in [3.63, 3.8) is 0 Å². The maximum Gasteiger partial charge on any atom is 0.275 e. The highest BCUT2D eigenvalue weighted by molar-refractivity contribution is 5.94. The first kappa shape index (κ1) is 17.1. The van der Waals surface area contributed by atoms with Crippen molar-refractivity contribution in [1.29, 1.82) is 0 Å². The van der Waals surface area contributed by atoms with Crippen LogP contribution in [-0.2, 0) is 4.74 Å². The zero-order chi connectivity index (χ0) is 17.8. The molecule has 0 aliphatic carbocycles. The highest BCUT2D eigenvalue weighted by atomic mass is 19.1. The third-order valence-electron chi connectivity index (χ3n) is 3.92. The largest absolute Gasteiger partial charge is 0.494 e. The molecular weight excluding hydrogens is 329 g/mol. The Morgan fingerprint density at radius 3 is 2.84 bits per heavy atom. The van der Waals surface area contributed by atoms with Gasteiger partial charge < -0.3 is 14.8 Å². The molecule has 0 unspecified atom stereocenters. The summed E-state index contributed by atoms with van der Waals surface area (Å²) in [7, 11) is 1.36. The van der Waals surface area contributed by atoms with Crippen LogP contribution in [0.4, 0.5) is 4.39 Å². The molecule has 1 N–H and O–H groups in total. The van der Waals surface area contributed by atoms with Gasteiger partial charge >= 0.3 is 0 Å². The molecule has 7 nitrogen and oxygen atoms in total. The van der Waals surface area contributed by atoms with E-state index in [4.69, 9.17) is 9.47 Å². The Bertz CT molecular complexity index is 814. The fourth-order valence-electron chi connectivity index (χ4n) is 2.62. The predicted octanol–water partition coefficient (Wildman–Crippen LogP) is 1.29. The maximum absolute atomic E-state index is 13.1. The number of nitrogens with zero attached hydrogens (tertiary/aromatic N) is 2. The van der Waals surface area contributed by atoms with Crippen LogP contribution in [0.15, 0.2) is 35.1 Å². The summed E-state index contributed by atoms with van der Waals surface area (Å²) in [6.07, 6.45) is 1.84. The zero-order valence-corrected chi connectivity index (χ0v) is 13.7. The molecule has 0 bridgehead atoms. The molecule has 2 aromatic rings. The Morgan fingerprint density at radius 2 is 2.20 bits per heavy atom. The second kappa shape index (κ2) is 7.43. The van der Waals surface area contributed by atoms with Gasteiger partial charge in [-0.3, -0.25) is 9.59 Å². The van der Waals surface area contributed by atoms with Crippen molar-refractivity contribution < 1.29 is 18.7 Å². The standard InChI is InChI=1S/C17H18FN3O4/c1-24-14-9-15(22)21(12-6-4-11(18)5-7-12)20-16(14)17(23)19-10-13-3-2-8-25-13/h4-7,9,13H,2-3,8,10H2,1H3,(H,19,23)/t13-/m0/s1. The van der Waals surface area contributed by atoms with E-state index < -0.39 is 17.3 Å². The molecule has 0 saturated carbocycles. The minimum absolute atomic E-state index is 0.0158. The van der Waals surface area contributed by atoms with E-state index in [-0.39, 0.29) is 17.5 Å². The van der Waals surface area contributed by atoms with Gasteiger partial charge in [0.05, 0.1) is 25.0 Å². The number of hydrogen-bond acceptors (Lipinski definition) is 5. The van der Waals surface area contributed by atoms with E-state index in [1.165, 1.54) is 37.4 Å². The molecule has 0 spiro atoms. The summed E-state index contributed by atoms with van der Waals surface area (Å²) in [5, 5.41) is 6.83. The van der Waals surface area contributed by atoms with Gasteiger partial charge in [-0.15, -0.1) is 0 Å². The van der Waals surface area contributed by atoms with Crippen LogP contribution in [0.3, 0.4) is 0 Å². The molecule has 1 amide bonds. The summed E-state index contributed by atoms with van der Waals surface area (Å²) in [6, 6.07) is 6.42. The predicted molar refractivity (Wildman–Crippen MR) is 87.7 cm³/mol. The monoisotopic (exact) mass is 347 g/mol. The number of carbonyl (C=O) groups excluding carboxylic acids is 1. The summed E-state index contributed by atoms with van der Waals surface area (Å²) in [4.78, 5) is 24.6. The first-order valence-electron chi connectivity index (χ1n) is 7.92. The topological polar surface area (TPSA) is 82.5 Å². The van der Waals surface area contributed by atoms with Crippen molar-refractivity contribution >= 4 is 5.91 Å². The van der Waals surface area contributed by atoms with Gasteiger partial charge in [0.1, 0.15) is 5.82 Å². The number of hydrogen-bond donors (Lipinski definition) is 1. The molecule has 1 aliphatic heterocycles. The number of ether oxygens (including phenoxy) is 2. The van der Waals surface area contributed by atoms with Crippen LogP contribution in [0.5, 0.6) is 5.75 Å². The van der Waals surface area contributed by atoms with Gasteiger partial charge in [0.2, 0.25) is 0 Å². The van der Waals surface area contributed by atoms with Gasteiger partial charge in [-0.25, -0.2) is 4.39 Å². The van der Waals surface area contributed by atoms with Crippen molar-refractivity contribution in [1.82, 2.24) is 15.1 Å². The van der Waals surface area contributed by atoms with Crippen molar-refractivity contribution in [2.45, 2.75) is 18.9 Å². The molecule has 25 heavy (non-hydrogen) atoms. The van der Waals surface area contributed by atoms with Crippen molar-refractivity contribution in [2.24, 2.45) is 0 Å². The van der Waals surface area contributed by atoms with Crippen LogP contribution in [0, 0.1) is 5.82 Å². The Balaban J connectivity index is 1.88. The quantitative estimate of drug-likeness (QED) is 0.881. The third kappa shape index (κ3) is 3.85. The molecule has 0 radical (unpaired) electrons. The average Bonchev–Trinajstić information content (AvgIpc) is 3.14. The molecule has 1 aromatic carbocycles. The van der Waals surface area contributed by atoms with Crippen LogP contribution < -0.4 is 15.6 Å². The number of halogens is 1. The fourth-order valence-corrected chi connectivity index (χ4v) is 2.62. The average molecular weight is 347 g/mol. The van der Waals surface area contributed by atoms with E-state index >= 15 is 0 Å². The summed E-state index contributed by atoms with van der Waals surface area (Å²) in [5.41, 5.74) is -0.161. The molecule has 1 saturated heterocycles. The second-order valence-corrected chi connectivity index (χ2v) is 5.63. The molecule has 8 heteroatoms. The lowest BCUT2D eigenvalue weighted by molar-refractivity contribution is 0.0849. The lowest BCUT2D eigenvalue weighted by Crippen LogP contribution is -2.34. The summed E-state index contributed by atoms with van der Waals surface area (Å²) >= 11 is 0.